The Bertz CT molecular complexity index is 160. The van der Waals surface area contributed by atoms with Gasteiger partial charge in [0.05, 0.1) is 0 Å². The molecule has 0 bridgehead atoms. The minimum Gasteiger partial charge on any atom is -0.317 e. The summed E-state index contributed by atoms with van der Waals surface area (Å²) in [5.41, 5.74) is 0. The van der Waals surface area contributed by atoms with Crippen LogP contribution in [-0.4, -0.2) is 13.1 Å². The lowest BCUT2D eigenvalue weighted by Crippen LogP contribution is -2.38. The van der Waals surface area contributed by atoms with Crippen molar-refractivity contribution in [2.75, 3.05) is 7.05 Å². The zero-order chi connectivity index (χ0) is 9.97. The summed E-state index contributed by atoms with van der Waals surface area (Å²) in [7, 11) is 2.13. The predicted molar refractivity (Wildman–Crippen MR) is 61.3 cm³/mol. The molecule has 2 aliphatic rings. The van der Waals surface area contributed by atoms with E-state index >= 15 is 0 Å². The Hall–Kier alpha value is -0.0400. The lowest BCUT2D eigenvalue weighted by molar-refractivity contribution is 0.110. The van der Waals surface area contributed by atoms with E-state index in [2.05, 4.69) is 19.3 Å². The topological polar surface area (TPSA) is 12.0 Å². The van der Waals surface area contributed by atoms with Gasteiger partial charge in [-0.15, -0.1) is 0 Å². The maximum absolute atomic E-state index is 3.47. The first kappa shape index (κ1) is 10.5. The van der Waals surface area contributed by atoms with Gasteiger partial charge >= 0.3 is 0 Å². The van der Waals surface area contributed by atoms with Crippen LogP contribution < -0.4 is 5.32 Å². The molecule has 0 aromatic carbocycles. The van der Waals surface area contributed by atoms with Gasteiger partial charge in [-0.25, -0.2) is 0 Å². The van der Waals surface area contributed by atoms with Crippen molar-refractivity contribution < 1.29 is 0 Å². The van der Waals surface area contributed by atoms with Gasteiger partial charge in [-0.3, -0.25) is 0 Å². The van der Waals surface area contributed by atoms with Crippen LogP contribution in [0.3, 0.4) is 0 Å². The molecule has 0 radical (unpaired) electrons. The highest BCUT2D eigenvalue weighted by Crippen LogP contribution is 2.43. The van der Waals surface area contributed by atoms with Crippen LogP contribution in [0.25, 0.3) is 0 Å². The first-order valence-electron chi connectivity index (χ1n) is 6.50. The van der Waals surface area contributed by atoms with Crippen LogP contribution in [0.5, 0.6) is 0 Å². The Morgan fingerprint density at radius 1 is 1.00 bits per heavy atom. The first-order chi connectivity index (χ1) is 6.83. The highest BCUT2D eigenvalue weighted by Gasteiger charge is 2.34. The number of rotatable bonds is 2. The molecule has 1 nitrogen and oxygen atoms in total. The van der Waals surface area contributed by atoms with E-state index in [1.807, 2.05) is 0 Å². The maximum Gasteiger partial charge on any atom is 0.00669 e. The van der Waals surface area contributed by atoms with Gasteiger partial charge in [-0.1, -0.05) is 19.8 Å². The number of nitrogens with one attached hydrogen (secondary N) is 1. The molecular formula is C13H25N. The van der Waals surface area contributed by atoms with Crippen molar-refractivity contribution in [3.8, 4) is 0 Å². The predicted octanol–water partition coefficient (Wildman–Crippen LogP) is 3.20. The van der Waals surface area contributed by atoms with Gasteiger partial charge in [0.2, 0.25) is 0 Å². The Kier molecular flexibility index (Phi) is 3.48. The second kappa shape index (κ2) is 4.65. The summed E-state index contributed by atoms with van der Waals surface area (Å²) in [6.07, 6.45) is 10.4. The molecule has 1 N–H and O–H groups in total. The SMILES string of the molecule is CCC1CCC2CCC(NC)CC2C1. The van der Waals surface area contributed by atoms with E-state index in [-0.39, 0.29) is 0 Å². The summed E-state index contributed by atoms with van der Waals surface area (Å²) in [5.74, 6) is 3.19. The second-order valence-electron chi connectivity index (χ2n) is 5.41. The van der Waals surface area contributed by atoms with E-state index in [9.17, 15) is 0 Å². The minimum atomic E-state index is 0.826. The zero-order valence-corrected chi connectivity index (χ0v) is 9.76. The molecule has 2 rings (SSSR count). The van der Waals surface area contributed by atoms with Crippen molar-refractivity contribution in [2.45, 2.75) is 57.9 Å². The summed E-state index contributed by atoms with van der Waals surface area (Å²) in [6.45, 7) is 2.36. The fraction of sp³-hybridized carbons (Fsp3) is 1.00. The van der Waals surface area contributed by atoms with Crippen LogP contribution in [0, 0.1) is 17.8 Å². The van der Waals surface area contributed by atoms with Crippen molar-refractivity contribution in [1.29, 1.82) is 0 Å². The average Bonchev–Trinajstić information content (AvgIpc) is 2.27. The van der Waals surface area contributed by atoms with Crippen molar-refractivity contribution in [1.82, 2.24) is 5.32 Å². The summed E-state index contributed by atoms with van der Waals surface area (Å²) in [6, 6.07) is 0.826. The quantitative estimate of drug-likeness (QED) is 0.713. The second-order valence-corrected chi connectivity index (χ2v) is 5.41. The molecule has 0 amide bonds. The van der Waals surface area contributed by atoms with Gasteiger partial charge in [0.1, 0.15) is 0 Å². The van der Waals surface area contributed by atoms with E-state index in [0.717, 1.165) is 23.8 Å². The molecule has 4 atom stereocenters. The molecule has 2 fully saturated rings. The molecule has 14 heavy (non-hydrogen) atoms. The smallest absolute Gasteiger partial charge is 0.00669 e. The third kappa shape index (κ3) is 2.13. The van der Waals surface area contributed by atoms with E-state index in [1.165, 1.54) is 44.9 Å². The molecule has 0 aromatic heterocycles. The molecule has 0 spiro atoms. The van der Waals surface area contributed by atoms with Crippen molar-refractivity contribution in [2.24, 2.45) is 17.8 Å². The summed E-state index contributed by atoms with van der Waals surface area (Å²) in [5, 5.41) is 3.47. The van der Waals surface area contributed by atoms with Gasteiger partial charge in [-0.2, -0.15) is 0 Å². The van der Waals surface area contributed by atoms with Crippen LogP contribution in [0.4, 0.5) is 0 Å². The normalized spacial score (nSPS) is 43.3. The lowest BCUT2D eigenvalue weighted by atomic mass is 9.66. The van der Waals surface area contributed by atoms with E-state index in [0.29, 0.717) is 0 Å². The highest BCUT2D eigenvalue weighted by molar-refractivity contribution is 4.87. The fourth-order valence-electron chi connectivity index (χ4n) is 3.62. The molecule has 2 saturated carbocycles. The van der Waals surface area contributed by atoms with Crippen molar-refractivity contribution >= 4 is 0 Å². The van der Waals surface area contributed by atoms with Crippen LogP contribution in [0.1, 0.15) is 51.9 Å². The standard InChI is InChI=1S/C13H25N/c1-3-10-4-5-11-6-7-13(14-2)9-12(11)8-10/h10-14H,3-9H2,1-2H3. The minimum absolute atomic E-state index is 0.826. The highest BCUT2D eigenvalue weighted by atomic mass is 14.9. The molecule has 0 aromatic rings. The van der Waals surface area contributed by atoms with Crippen LogP contribution in [0.2, 0.25) is 0 Å². The molecule has 0 saturated heterocycles. The number of hydrogen-bond acceptors (Lipinski definition) is 1. The first-order valence-corrected chi connectivity index (χ1v) is 6.50. The Balaban J connectivity index is 1.90. The Morgan fingerprint density at radius 2 is 1.79 bits per heavy atom. The monoisotopic (exact) mass is 195 g/mol. The number of fused-ring (bicyclic) bond motifs is 1. The molecule has 1 heteroatoms. The zero-order valence-electron chi connectivity index (χ0n) is 9.76. The van der Waals surface area contributed by atoms with Crippen LogP contribution in [0.15, 0.2) is 0 Å². The van der Waals surface area contributed by atoms with Crippen LogP contribution in [-0.2, 0) is 0 Å². The van der Waals surface area contributed by atoms with E-state index in [1.54, 1.807) is 0 Å². The maximum atomic E-state index is 3.47. The largest absolute Gasteiger partial charge is 0.317 e. The van der Waals surface area contributed by atoms with Gasteiger partial charge in [0.25, 0.3) is 0 Å². The molecule has 2 aliphatic carbocycles. The fourth-order valence-corrected chi connectivity index (χ4v) is 3.62. The molecule has 0 aliphatic heterocycles. The summed E-state index contributed by atoms with van der Waals surface area (Å²) < 4.78 is 0. The van der Waals surface area contributed by atoms with Crippen molar-refractivity contribution in [3.05, 3.63) is 0 Å². The number of hydrogen-bond donors (Lipinski definition) is 1. The molecule has 0 heterocycles. The van der Waals surface area contributed by atoms with E-state index < -0.39 is 0 Å². The van der Waals surface area contributed by atoms with Gasteiger partial charge in [0, 0.05) is 6.04 Å². The molecule has 4 unspecified atom stereocenters. The van der Waals surface area contributed by atoms with Gasteiger partial charge in [0.15, 0.2) is 0 Å². The Labute approximate surface area is 88.7 Å². The third-order valence-electron chi connectivity index (χ3n) is 4.71. The van der Waals surface area contributed by atoms with Crippen LogP contribution >= 0.6 is 0 Å². The lowest BCUT2D eigenvalue weighted by Gasteiger charge is -2.42. The van der Waals surface area contributed by atoms with E-state index in [4.69, 9.17) is 0 Å². The summed E-state index contributed by atoms with van der Waals surface area (Å²) in [4.78, 5) is 0. The van der Waals surface area contributed by atoms with Crippen molar-refractivity contribution in [3.63, 3.8) is 0 Å². The van der Waals surface area contributed by atoms with Gasteiger partial charge in [-0.05, 0) is 56.9 Å². The molecular weight excluding hydrogens is 170 g/mol. The molecule has 82 valence electrons. The third-order valence-corrected chi connectivity index (χ3v) is 4.71. The summed E-state index contributed by atoms with van der Waals surface area (Å²) >= 11 is 0. The Morgan fingerprint density at radius 3 is 2.50 bits per heavy atom. The van der Waals surface area contributed by atoms with Gasteiger partial charge < -0.3 is 5.32 Å². The average molecular weight is 195 g/mol.